The second-order valence-electron chi connectivity index (χ2n) is 10.9. The van der Waals surface area contributed by atoms with E-state index in [9.17, 15) is 0 Å². The van der Waals surface area contributed by atoms with E-state index in [1.54, 1.807) is 0 Å². The lowest BCUT2D eigenvalue weighted by Crippen LogP contribution is -1.98. The Morgan fingerprint density at radius 3 is 1.79 bits per heavy atom. The SMILES string of the molecule is c1ccc(-c2nc3c(ccc4ccccc43)nc2-c2c3ccccc3c(-c3ccccc3)c3oc4ccccc4c23)cc1. The van der Waals surface area contributed by atoms with Gasteiger partial charge in [0, 0.05) is 32.8 Å². The topological polar surface area (TPSA) is 38.9 Å². The first kappa shape index (κ1) is 23.9. The fraction of sp³-hybridized carbons (Fsp3) is 0. The highest BCUT2D eigenvalue weighted by molar-refractivity contribution is 6.27. The molecule has 0 unspecified atom stereocenters. The summed E-state index contributed by atoms with van der Waals surface area (Å²) in [6, 6.07) is 50.5. The van der Waals surface area contributed by atoms with Crippen LogP contribution in [0.3, 0.4) is 0 Å². The van der Waals surface area contributed by atoms with Gasteiger partial charge in [-0.25, -0.2) is 9.97 Å². The van der Waals surface area contributed by atoms with Crippen molar-refractivity contribution in [3.8, 4) is 33.6 Å². The number of aromatic nitrogens is 2. The molecular weight excluding hydrogens is 524 g/mol. The molecular formula is C40H24N2O. The second kappa shape index (κ2) is 9.37. The van der Waals surface area contributed by atoms with Crippen LogP contribution in [0.5, 0.6) is 0 Å². The van der Waals surface area contributed by atoms with Gasteiger partial charge in [-0.15, -0.1) is 0 Å². The lowest BCUT2D eigenvalue weighted by molar-refractivity contribution is 0.670. The van der Waals surface area contributed by atoms with Crippen LogP contribution in [0.25, 0.3) is 88.2 Å². The maximum atomic E-state index is 6.75. The van der Waals surface area contributed by atoms with Crippen molar-refractivity contribution in [3.63, 3.8) is 0 Å². The molecule has 0 atom stereocenters. The molecule has 0 amide bonds. The summed E-state index contributed by atoms with van der Waals surface area (Å²) in [6.07, 6.45) is 0. The van der Waals surface area contributed by atoms with Crippen LogP contribution in [0, 0.1) is 0 Å². The van der Waals surface area contributed by atoms with Gasteiger partial charge in [0.1, 0.15) is 11.2 Å². The third kappa shape index (κ3) is 3.62. The molecule has 0 bridgehead atoms. The van der Waals surface area contributed by atoms with Gasteiger partial charge in [0.25, 0.3) is 0 Å². The third-order valence-electron chi connectivity index (χ3n) is 8.44. The number of nitrogens with zero attached hydrogens (tertiary/aromatic N) is 2. The van der Waals surface area contributed by atoms with E-state index < -0.39 is 0 Å². The Kier molecular flexibility index (Phi) is 5.20. The molecule has 0 aliphatic carbocycles. The fourth-order valence-corrected chi connectivity index (χ4v) is 6.54. The van der Waals surface area contributed by atoms with Crippen molar-refractivity contribution in [2.75, 3.05) is 0 Å². The number of para-hydroxylation sites is 1. The van der Waals surface area contributed by atoms with Gasteiger partial charge >= 0.3 is 0 Å². The highest BCUT2D eigenvalue weighted by Crippen LogP contribution is 2.48. The van der Waals surface area contributed by atoms with Gasteiger partial charge in [-0.1, -0.05) is 133 Å². The average molecular weight is 549 g/mol. The highest BCUT2D eigenvalue weighted by atomic mass is 16.3. The van der Waals surface area contributed by atoms with E-state index in [2.05, 4.69) is 133 Å². The van der Waals surface area contributed by atoms with Crippen LogP contribution in [-0.2, 0) is 0 Å². The van der Waals surface area contributed by atoms with Crippen molar-refractivity contribution < 1.29 is 4.42 Å². The number of hydrogen-bond acceptors (Lipinski definition) is 3. The minimum absolute atomic E-state index is 0.848. The summed E-state index contributed by atoms with van der Waals surface area (Å²) in [5, 5.41) is 6.60. The molecule has 2 heterocycles. The highest BCUT2D eigenvalue weighted by Gasteiger charge is 2.25. The Labute approximate surface area is 247 Å². The van der Waals surface area contributed by atoms with Crippen LogP contribution in [-0.4, -0.2) is 9.97 Å². The Morgan fingerprint density at radius 1 is 0.419 bits per heavy atom. The first-order chi connectivity index (χ1) is 21.3. The van der Waals surface area contributed by atoms with Gasteiger partial charge in [0.05, 0.1) is 22.4 Å². The summed E-state index contributed by atoms with van der Waals surface area (Å²) in [4.78, 5) is 10.9. The molecule has 3 heteroatoms. The average Bonchev–Trinajstić information content (AvgIpc) is 3.46. The van der Waals surface area contributed by atoms with Crippen molar-refractivity contribution in [2.24, 2.45) is 0 Å². The Morgan fingerprint density at radius 2 is 1.02 bits per heavy atom. The standard InChI is InChI=1S/C40H24N2O/c1-3-14-26(15-4-1)34-29-19-9-10-20-30(29)35(36-31-21-11-12-22-33(31)43-40(34)36)39-37(27-16-5-2-6-17-27)42-38-28-18-8-7-13-25(28)23-24-32(38)41-39/h1-24H. The zero-order chi connectivity index (χ0) is 28.3. The smallest absolute Gasteiger partial charge is 0.144 e. The van der Waals surface area contributed by atoms with Crippen LogP contribution < -0.4 is 0 Å². The zero-order valence-corrected chi connectivity index (χ0v) is 23.2. The number of fused-ring (bicyclic) bond motifs is 7. The van der Waals surface area contributed by atoms with Crippen LogP contribution >= 0.6 is 0 Å². The molecule has 0 saturated carbocycles. The van der Waals surface area contributed by atoms with Crippen LogP contribution in [0.2, 0.25) is 0 Å². The van der Waals surface area contributed by atoms with Crippen LogP contribution in [0.15, 0.2) is 150 Å². The molecule has 43 heavy (non-hydrogen) atoms. The molecule has 0 aliphatic rings. The van der Waals surface area contributed by atoms with Crippen LogP contribution in [0.1, 0.15) is 0 Å². The minimum Gasteiger partial charge on any atom is -0.455 e. The van der Waals surface area contributed by atoms with E-state index in [-0.39, 0.29) is 0 Å². The van der Waals surface area contributed by atoms with Gasteiger partial charge in [0.2, 0.25) is 0 Å². The zero-order valence-electron chi connectivity index (χ0n) is 23.2. The monoisotopic (exact) mass is 548 g/mol. The fourth-order valence-electron chi connectivity index (χ4n) is 6.54. The molecule has 2 aromatic heterocycles. The summed E-state index contributed by atoms with van der Waals surface area (Å²) >= 11 is 0. The van der Waals surface area contributed by atoms with Crippen molar-refractivity contribution >= 4 is 54.5 Å². The first-order valence-electron chi connectivity index (χ1n) is 14.5. The second-order valence-corrected chi connectivity index (χ2v) is 10.9. The van der Waals surface area contributed by atoms with E-state index in [0.717, 1.165) is 88.2 Å². The molecule has 0 radical (unpaired) electrons. The molecule has 9 aromatic rings. The summed E-state index contributed by atoms with van der Waals surface area (Å²) in [6.45, 7) is 0. The summed E-state index contributed by atoms with van der Waals surface area (Å²) in [7, 11) is 0. The molecule has 0 saturated heterocycles. The summed E-state index contributed by atoms with van der Waals surface area (Å²) < 4.78 is 6.75. The Hall–Kier alpha value is -5.80. The van der Waals surface area contributed by atoms with Crippen molar-refractivity contribution in [3.05, 3.63) is 146 Å². The van der Waals surface area contributed by atoms with E-state index in [1.165, 1.54) is 0 Å². The Bertz CT molecular complexity index is 2500. The van der Waals surface area contributed by atoms with Crippen molar-refractivity contribution in [2.45, 2.75) is 0 Å². The maximum absolute atomic E-state index is 6.75. The molecule has 3 nitrogen and oxygen atoms in total. The number of furan rings is 1. The summed E-state index contributed by atoms with van der Waals surface area (Å²) in [5.41, 5.74) is 9.46. The molecule has 0 spiro atoms. The lowest BCUT2D eigenvalue weighted by Gasteiger charge is -2.17. The third-order valence-corrected chi connectivity index (χ3v) is 8.44. The number of rotatable bonds is 3. The van der Waals surface area contributed by atoms with E-state index in [0.29, 0.717) is 0 Å². The molecule has 0 fully saturated rings. The predicted molar refractivity (Wildman–Crippen MR) is 178 cm³/mol. The minimum atomic E-state index is 0.848. The number of hydrogen-bond donors (Lipinski definition) is 0. The van der Waals surface area contributed by atoms with Gasteiger partial charge < -0.3 is 4.42 Å². The molecule has 0 N–H and O–H groups in total. The van der Waals surface area contributed by atoms with Crippen LogP contribution in [0.4, 0.5) is 0 Å². The van der Waals surface area contributed by atoms with Crippen molar-refractivity contribution in [1.29, 1.82) is 0 Å². The molecule has 200 valence electrons. The number of benzene rings is 7. The maximum Gasteiger partial charge on any atom is 0.144 e. The predicted octanol–water partition coefficient (Wildman–Crippen LogP) is 10.8. The van der Waals surface area contributed by atoms with E-state index in [1.807, 2.05) is 12.1 Å². The van der Waals surface area contributed by atoms with Crippen molar-refractivity contribution in [1.82, 2.24) is 9.97 Å². The lowest BCUT2D eigenvalue weighted by atomic mass is 9.88. The first-order valence-corrected chi connectivity index (χ1v) is 14.5. The summed E-state index contributed by atoms with van der Waals surface area (Å²) in [5.74, 6) is 0. The van der Waals surface area contributed by atoms with E-state index in [4.69, 9.17) is 14.4 Å². The van der Waals surface area contributed by atoms with Gasteiger partial charge in [-0.3, -0.25) is 0 Å². The van der Waals surface area contributed by atoms with Gasteiger partial charge in [0.15, 0.2) is 0 Å². The van der Waals surface area contributed by atoms with Gasteiger partial charge in [-0.2, -0.15) is 0 Å². The normalized spacial score (nSPS) is 11.7. The Balaban J connectivity index is 1.52. The molecule has 7 aromatic carbocycles. The quantitative estimate of drug-likeness (QED) is 0.206. The molecule has 9 rings (SSSR count). The molecule has 0 aliphatic heterocycles. The largest absolute Gasteiger partial charge is 0.455 e. The van der Waals surface area contributed by atoms with Gasteiger partial charge in [-0.05, 0) is 33.9 Å². The van der Waals surface area contributed by atoms with E-state index >= 15 is 0 Å².